The van der Waals surface area contributed by atoms with E-state index in [0.29, 0.717) is 16.4 Å². The van der Waals surface area contributed by atoms with Gasteiger partial charge in [0, 0.05) is 25.6 Å². The average molecular weight is 358 g/mol. The van der Waals surface area contributed by atoms with Gasteiger partial charge >= 0.3 is 6.18 Å². The maximum atomic E-state index is 12.9. The monoisotopic (exact) mass is 357 g/mol. The van der Waals surface area contributed by atoms with Crippen molar-refractivity contribution in [3.63, 3.8) is 0 Å². The van der Waals surface area contributed by atoms with E-state index in [2.05, 4.69) is 15.4 Å². The summed E-state index contributed by atoms with van der Waals surface area (Å²) in [4.78, 5) is 16.3. The number of hydrogen-bond acceptors (Lipinski definition) is 3. The SMILES string of the molecule is Cn1cc(C(=O)NCc2cn3cc(Cl)ccc3n2)c(C(F)(F)F)n1. The predicted octanol–water partition coefficient (Wildman–Crippen LogP) is 2.67. The van der Waals surface area contributed by atoms with E-state index in [-0.39, 0.29) is 6.54 Å². The van der Waals surface area contributed by atoms with Crippen molar-refractivity contribution >= 4 is 23.2 Å². The lowest BCUT2D eigenvalue weighted by molar-refractivity contribution is -0.141. The average Bonchev–Trinajstić information content (AvgIpc) is 3.07. The van der Waals surface area contributed by atoms with Crippen molar-refractivity contribution < 1.29 is 18.0 Å². The van der Waals surface area contributed by atoms with Gasteiger partial charge in [-0.05, 0) is 12.1 Å². The summed E-state index contributed by atoms with van der Waals surface area (Å²) in [5, 5.41) is 6.23. The van der Waals surface area contributed by atoms with Gasteiger partial charge in [0.2, 0.25) is 0 Å². The molecule has 0 aliphatic carbocycles. The lowest BCUT2D eigenvalue weighted by Gasteiger charge is -2.06. The smallest absolute Gasteiger partial charge is 0.346 e. The molecule has 0 radical (unpaired) electrons. The highest BCUT2D eigenvalue weighted by Gasteiger charge is 2.38. The van der Waals surface area contributed by atoms with Crippen molar-refractivity contribution in [1.82, 2.24) is 24.5 Å². The highest BCUT2D eigenvalue weighted by atomic mass is 35.5. The normalized spacial score (nSPS) is 11.9. The first kappa shape index (κ1) is 16.3. The van der Waals surface area contributed by atoms with Gasteiger partial charge in [-0.25, -0.2) is 4.98 Å². The quantitative estimate of drug-likeness (QED) is 0.784. The lowest BCUT2D eigenvalue weighted by atomic mass is 10.2. The summed E-state index contributed by atoms with van der Waals surface area (Å²) in [6.45, 7) is -0.0235. The molecular formula is C14H11ClF3N5O. The van der Waals surface area contributed by atoms with Crippen LogP contribution in [0.25, 0.3) is 5.65 Å². The van der Waals surface area contributed by atoms with E-state index in [1.807, 2.05) is 0 Å². The van der Waals surface area contributed by atoms with Crippen LogP contribution in [0.1, 0.15) is 21.7 Å². The van der Waals surface area contributed by atoms with E-state index in [1.54, 1.807) is 28.9 Å². The predicted molar refractivity (Wildman–Crippen MR) is 79.6 cm³/mol. The summed E-state index contributed by atoms with van der Waals surface area (Å²) in [5.41, 5.74) is -0.648. The molecule has 0 saturated heterocycles. The van der Waals surface area contributed by atoms with Crippen LogP contribution in [-0.4, -0.2) is 25.1 Å². The third kappa shape index (κ3) is 3.21. The first-order valence-electron chi connectivity index (χ1n) is 6.76. The number of fused-ring (bicyclic) bond motifs is 1. The molecule has 10 heteroatoms. The zero-order valence-electron chi connectivity index (χ0n) is 12.3. The van der Waals surface area contributed by atoms with E-state index in [4.69, 9.17) is 11.6 Å². The molecule has 1 amide bonds. The van der Waals surface area contributed by atoms with Crippen LogP contribution in [0.15, 0.2) is 30.7 Å². The van der Waals surface area contributed by atoms with Gasteiger partial charge in [0.25, 0.3) is 5.91 Å². The van der Waals surface area contributed by atoms with Crippen LogP contribution in [0.4, 0.5) is 13.2 Å². The molecule has 0 atom stereocenters. The third-order valence-corrected chi connectivity index (χ3v) is 3.46. The van der Waals surface area contributed by atoms with Crippen LogP contribution in [-0.2, 0) is 19.8 Å². The second-order valence-corrected chi connectivity index (χ2v) is 5.53. The summed E-state index contributed by atoms with van der Waals surface area (Å²) >= 11 is 5.86. The van der Waals surface area contributed by atoms with Gasteiger partial charge in [-0.2, -0.15) is 18.3 Å². The molecule has 3 aromatic heterocycles. The van der Waals surface area contributed by atoms with Gasteiger partial charge in [0.1, 0.15) is 5.65 Å². The van der Waals surface area contributed by atoms with Gasteiger partial charge < -0.3 is 9.72 Å². The molecule has 3 heterocycles. The fraction of sp³-hybridized carbons (Fsp3) is 0.214. The van der Waals surface area contributed by atoms with Gasteiger partial charge in [0.05, 0.1) is 22.8 Å². The summed E-state index contributed by atoms with van der Waals surface area (Å²) in [6, 6.07) is 3.36. The van der Waals surface area contributed by atoms with Crippen molar-refractivity contribution in [2.75, 3.05) is 0 Å². The van der Waals surface area contributed by atoms with Crippen LogP contribution >= 0.6 is 11.6 Å². The Kier molecular flexibility index (Phi) is 3.96. The molecule has 126 valence electrons. The number of aryl methyl sites for hydroxylation is 1. The zero-order valence-corrected chi connectivity index (χ0v) is 13.1. The number of amides is 1. The fourth-order valence-corrected chi connectivity index (χ4v) is 2.40. The van der Waals surface area contributed by atoms with E-state index < -0.39 is 23.3 Å². The topological polar surface area (TPSA) is 64.2 Å². The second-order valence-electron chi connectivity index (χ2n) is 5.09. The standard InChI is InChI=1S/C14H11ClF3N5O/c1-22-7-10(12(21-22)14(16,17)18)13(24)19-4-9-6-23-5-8(15)2-3-11(23)20-9/h2-3,5-7H,4H2,1H3,(H,19,24). The number of hydrogen-bond donors (Lipinski definition) is 1. The molecule has 0 saturated carbocycles. The maximum absolute atomic E-state index is 12.9. The highest BCUT2D eigenvalue weighted by Crippen LogP contribution is 2.30. The number of carbonyl (C=O) groups excluding carboxylic acids is 1. The van der Waals surface area contributed by atoms with Crippen molar-refractivity contribution in [1.29, 1.82) is 0 Å². The number of imidazole rings is 1. The number of nitrogens with one attached hydrogen (secondary N) is 1. The molecule has 0 spiro atoms. The molecule has 0 bridgehead atoms. The molecule has 6 nitrogen and oxygen atoms in total. The minimum atomic E-state index is -4.70. The molecule has 0 aliphatic rings. The number of nitrogens with zero attached hydrogens (tertiary/aromatic N) is 4. The molecule has 24 heavy (non-hydrogen) atoms. The van der Waals surface area contributed by atoms with E-state index in [9.17, 15) is 18.0 Å². The van der Waals surface area contributed by atoms with Crippen LogP contribution < -0.4 is 5.32 Å². The number of pyridine rings is 1. The Labute approximate surface area is 138 Å². The maximum Gasteiger partial charge on any atom is 0.435 e. The molecule has 3 aromatic rings. The van der Waals surface area contributed by atoms with Gasteiger partial charge in [-0.3, -0.25) is 9.48 Å². The lowest BCUT2D eigenvalue weighted by Crippen LogP contribution is -2.25. The summed E-state index contributed by atoms with van der Waals surface area (Å²) in [6.07, 6.45) is -0.400. The van der Waals surface area contributed by atoms with Gasteiger partial charge in [0.15, 0.2) is 5.69 Å². The Hall–Kier alpha value is -2.55. The highest BCUT2D eigenvalue weighted by molar-refractivity contribution is 6.30. The number of rotatable bonds is 3. The van der Waals surface area contributed by atoms with E-state index >= 15 is 0 Å². The van der Waals surface area contributed by atoms with Crippen LogP contribution in [0.2, 0.25) is 5.02 Å². The van der Waals surface area contributed by atoms with Crippen molar-refractivity contribution in [2.24, 2.45) is 7.05 Å². The molecule has 3 rings (SSSR count). The minimum Gasteiger partial charge on any atom is -0.346 e. The Bertz CT molecular complexity index is 915. The Morgan fingerprint density at radius 2 is 2.04 bits per heavy atom. The summed E-state index contributed by atoms with van der Waals surface area (Å²) in [5.74, 6) is -0.870. The molecule has 0 fully saturated rings. The molecule has 1 N–H and O–H groups in total. The van der Waals surface area contributed by atoms with Crippen LogP contribution in [0, 0.1) is 0 Å². The summed E-state index contributed by atoms with van der Waals surface area (Å²) < 4.78 is 41.2. The van der Waals surface area contributed by atoms with Crippen molar-refractivity contribution in [3.05, 3.63) is 52.7 Å². The largest absolute Gasteiger partial charge is 0.435 e. The van der Waals surface area contributed by atoms with Crippen molar-refractivity contribution in [3.8, 4) is 0 Å². The van der Waals surface area contributed by atoms with Crippen LogP contribution in [0.3, 0.4) is 0 Å². The molecule has 0 aromatic carbocycles. The molecule has 0 unspecified atom stereocenters. The Morgan fingerprint density at radius 3 is 2.75 bits per heavy atom. The first-order chi connectivity index (χ1) is 11.2. The molecular weight excluding hydrogens is 347 g/mol. The number of aromatic nitrogens is 4. The van der Waals surface area contributed by atoms with Crippen LogP contribution in [0.5, 0.6) is 0 Å². The number of halogens is 4. The zero-order chi connectivity index (χ0) is 17.5. The van der Waals surface area contributed by atoms with Gasteiger partial charge in [-0.1, -0.05) is 11.6 Å². The van der Waals surface area contributed by atoms with E-state index in [0.717, 1.165) is 10.9 Å². The minimum absolute atomic E-state index is 0.0235. The first-order valence-corrected chi connectivity index (χ1v) is 7.14. The van der Waals surface area contributed by atoms with Gasteiger partial charge in [-0.15, -0.1) is 0 Å². The van der Waals surface area contributed by atoms with E-state index in [1.165, 1.54) is 7.05 Å². The Balaban J connectivity index is 1.78. The number of alkyl halides is 3. The Morgan fingerprint density at radius 1 is 1.29 bits per heavy atom. The number of carbonyl (C=O) groups is 1. The fourth-order valence-electron chi connectivity index (χ4n) is 2.23. The van der Waals surface area contributed by atoms with Crippen molar-refractivity contribution in [2.45, 2.75) is 12.7 Å². The molecule has 0 aliphatic heterocycles. The summed E-state index contributed by atoms with van der Waals surface area (Å²) in [7, 11) is 1.32. The third-order valence-electron chi connectivity index (χ3n) is 3.24. The second kappa shape index (κ2) is 5.82.